The lowest BCUT2D eigenvalue weighted by atomic mass is 10.1. The molecule has 4 nitrogen and oxygen atoms in total. The van der Waals surface area contributed by atoms with Gasteiger partial charge in [0.2, 0.25) is 5.95 Å². The number of rotatable bonds is 6. The minimum Gasteiger partial charge on any atom is -0.388 e. The SMILES string of the molecule is CCC(CC1CC1)Nc1nc(C)cc(C(N)=S)n1. The Kier molecular flexibility index (Phi) is 4.11. The standard InChI is InChI=1S/C13H20N4S/c1-3-10(7-9-4-5-9)16-13-15-8(2)6-11(17-13)12(14)18/h6,9-10H,3-5,7H2,1-2H3,(H2,14,18)(H,15,16,17). The monoisotopic (exact) mass is 264 g/mol. The molecule has 1 aromatic heterocycles. The molecule has 1 aliphatic rings. The third-order valence-electron chi connectivity index (χ3n) is 3.25. The lowest BCUT2D eigenvalue weighted by molar-refractivity contribution is 0.582. The van der Waals surface area contributed by atoms with E-state index in [1.165, 1.54) is 19.3 Å². The largest absolute Gasteiger partial charge is 0.388 e. The summed E-state index contributed by atoms with van der Waals surface area (Å²) in [4.78, 5) is 9.07. The zero-order chi connectivity index (χ0) is 13.1. The summed E-state index contributed by atoms with van der Waals surface area (Å²) in [6.07, 6.45) is 5.02. The van der Waals surface area contributed by atoms with E-state index < -0.39 is 0 Å². The molecule has 1 atom stereocenters. The fourth-order valence-corrected chi connectivity index (χ4v) is 2.13. The van der Waals surface area contributed by atoms with Crippen LogP contribution in [0.25, 0.3) is 0 Å². The van der Waals surface area contributed by atoms with Crippen molar-refractivity contribution in [1.29, 1.82) is 0 Å². The van der Waals surface area contributed by atoms with E-state index in [1.807, 2.05) is 13.0 Å². The van der Waals surface area contributed by atoms with Crippen LogP contribution in [0.2, 0.25) is 0 Å². The van der Waals surface area contributed by atoms with Gasteiger partial charge >= 0.3 is 0 Å². The highest BCUT2D eigenvalue weighted by molar-refractivity contribution is 7.80. The first kappa shape index (κ1) is 13.2. The zero-order valence-corrected chi connectivity index (χ0v) is 11.8. The molecule has 2 rings (SSSR count). The van der Waals surface area contributed by atoms with E-state index in [4.69, 9.17) is 18.0 Å². The van der Waals surface area contributed by atoms with E-state index in [0.29, 0.717) is 22.7 Å². The Labute approximate surface area is 113 Å². The van der Waals surface area contributed by atoms with E-state index in [1.54, 1.807) is 0 Å². The molecule has 5 heteroatoms. The van der Waals surface area contributed by atoms with E-state index in [9.17, 15) is 0 Å². The van der Waals surface area contributed by atoms with Crippen molar-refractivity contribution in [3.63, 3.8) is 0 Å². The number of aromatic nitrogens is 2. The number of thiocarbonyl (C=S) groups is 1. The van der Waals surface area contributed by atoms with Crippen LogP contribution in [0, 0.1) is 12.8 Å². The summed E-state index contributed by atoms with van der Waals surface area (Å²) in [6.45, 7) is 4.11. The van der Waals surface area contributed by atoms with Gasteiger partial charge in [0.15, 0.2) is 0 Å². The maximum Gasteiger partial charge on any atom is 0.223 e. The Bertz CT molecular complexity index is 443. The molecule has 0 spiro atoms. The first-order valence-corrected chi connectivity index (χ1v) is 6.91. The van der Waals surface area contributed by atoms with Crippen LogP contribution in [0.15, 0.2) is 6.07 Å². The highest BCUT2D eigenvalue weighted by atomic mass is 32.1. The molecule has 3 N–H and O–H groups in total. The molecule has 0 amide bonds. The molecular weight excluding hydrogens is 244 g/mol. The van der Waals surface area contributed by atoms with Crippen molar-refractivity contribution in [2.45, 2.75) is 45.6 Å². The van der Waals surface area contributed by atoms with E-state index in [-0.39, 0.29) is 0 Å². The molecule has 0 aliphatic heterocycles. The number of aryl methyl sites for hydroxylation is 1. The highest BCUT2D eigenvalue weighted by Gasteiger charge is 2.25. The molecular formula is C13H20N4S. The Balaban J connectivity index is 2.08. The normalized spacial score (nSPS) is 16.3. The Morgan fingerprint density at radius 1 is 1.56 bits per heavy atom. The second kappa shape index (κ2) is 5.61. The van der Waals surface area contributed by atoms with Crippen molar-refractivity contribution in [2.24, 2.45) is 11.7 Å². The van der Waals surface area contributed by atoms with E-state index >= 15 is 0 Å². The summed E-state index contributed by atoms with van der Waals surface area (Å²) >= 11 is 4.96. The maximum atomic E-state index is 5.62. The van der Waals surface area contributed by atoms with Gasteiger partial charge in [0.25, 0.3) is 0 Å². The fraction of sp³-hybridized carbons (Fsp3) is 0.615. The van der Waals surface area contributed by atoms with Gasteiger partial charge in [0.1, 0.15) is 10.7 Å². The molecule has 0 radical (unpaired) electrons. The Morgan fingerprint density at radius 2 is 2.28 bits per heavy atom. The number of hydrogen-bond donors (Lipinski definition) is 2. The first-order chi connectivity index (χ1) is 8.58. The van der Waals surface area contributed by atoms with Gasteiger partial charge in [-0.25, -0.2) is 9.97 Å². The molecule has 0 bridgehead atoms. The van der Waals surface area contributed by atoms with Crippen LogP contribution in [-0.2, 0) is 0 Å². The predicted molar refractivity (Wildman–Crippen MR) is 77.7 cm³/mol. The second-order valence-corrected chi connectivity index (χ2v) is 5.45. The summed E-state index contributed by atoms with van der Waals surface area (Å²) in [5.41, 5.74) is 7.14. The van der Waals surface area contributed by atoms with Crippen molar-refractivity contribution in [3.05, 3.63) is 17.5 Å². The number of hydrogen-bond acceptors (Lipinski definition) is 4. The number of nitrogens with two attached hydrogens (primary N) is 1. The number of nitrogens with zero attached hydrogens (tertiary/aromatic N) is 2. The minimum absolute atomic E-state index is 0.318. The third-order valence-corrected chi connectivity index (χ3v) is 3.46. The average Bonchev–Trinajstić information content (AvgIpc) is 3.11. The van der Waals surface area contributed by atoms with Crippen LogP contribution >= 0.6 is 12.2 Å². The van der Waals surface area contributed by atoms with Crippen LogP contribution in [0.3, 0.4) is 0 Å². The zero-order valence-electron chi connectivity index (χ0n) is 10.9. The van der Waals surface area contributed by atoms with Gasteiger partial charge in [-0.3, -0.25) is 0 Å². The van der Waals surface area contributed by atoms with Crippen LogP contribution in [-0.4, -0.2) is 21.0 Å². The van der Waals surface area contributed by atoms with Crippen LogP contribution in [0.5, 0.6) is 0 Å². The summed E-state index contributed by atoms with van der Waals surface area (Å²) in [5.74, 6) is 1.53. The van der Waals surface area contributed by atoms with Crippen molar-refractivity contribution in [3.8, 4) is 0 Å². The van der Waals surface area contributed by atoms with Crippen LogP contribution in [0.4, 0.5) is 5.95 Å². The minimum atomic E-state index is 0.318. The molecule has 18 heavy (non-hydrogen) atoms. The average molecular weight is 264 g/mol. The van der Waals surface area contributed by atoms with Crippen molar-refractivity contribution >= 4 is 23.2 Å². The maximum absolute atomic E-state index is 5.62. The van der Waals surface area contributed by atoms with Crippen molar-refractivity contribution in [1.82, 2.24) is 9.97 Å². The Hall–Kier alpha value is -1.23. The quantitative estimate of drug-likeness (QED) is 0.773. The number of nitrogens with one attached hydrogen (secondary N) is 1. The van der Waals surface area contributed by atoms with Gasteiger partial charge in [-0.05, 0) is 31.7 Å². The first-order valence-electron chi connectivity index (χ1n) is 6.50. The Morgan fingerprint density at radius 3 is 2.83 bits per heavy atom. The fourth-order valence-electron chi connectivity index (χ4n) is 2.03. The van der Waals surface area contributed by atoms with E-state index in [2.05, 4.69) is 22.2 Å². The van der Waals surface area contributed by atoms with E-state index in [0.717, 1.165) is 18.0 Å². The number of anilines is 1. The molecule has 1 unspecified atom stereocenters. The molecule has 1 aromatic rings. The summed E-state index contributed by atoms with van der Waals surface area (Å²) < 4.78 is 0. The van der Waals surface area contributed by atoms with Gasteiger partial charge < -0.3 is 11.1 Å². The molecule has 0 aromatic carbocycles. The van der Waals surface area contributed by atoms with Gasteiger partial charge in [-0.15, -0.1) is 0 Å². The molecule has 1 saturated carbocycles. The molecule has 98 valence electrons. The topological polar surface area (TPSA) is 63.8 Å². The molecule has 0 saturated heterocycles. The van der Waals surface area contributed by atoms with Gasteiger partial charge in [-0.1, -0.05) is 32.0 Å². The third kappa shape index (κ3) is 3.63. The van der Waals surface area contributed by atoms with Crippen LogP contribution in [0.1, 0.15) is 44.0 Å². The van der Waals surface area contributed by atoms with Crippen LogP contribution < -0.4 is 11.1 Å². The smallest absolute Gasteiger partial charge is 0.223 e. The highest BCUT2D eigenvalue weighted by Crippen LogP contribution is 2.34. The molecule has 1 aliphatic carbocycles. The van der Waals surface area contributed by atoms with Gasteiger partial charge in [0.05, 0.1) is 0 Å². The lowest BCUT2D eigenvalue weighted by Gasteiger charge is -2.17. The molecule has 1 heterocycles. The van der Waals surface area contributed by atoms with Crippen molar-refractivity contribution < 1.29 is 0 Å². The van der Waals surface area contributed by atoms with Gasteiger partial charge in [-0.2, -0.15) is 0 Å². The predicted octanol–water partition coefficient (Wildman–Crippen LogP) is 2.41. The summed E-state index contributed by atoms with van der Waals surface area (Å²) in [7, 11) is 0. The van der Waals surface area contributed by atoms with Gasteiger partial charge in [0, 0.05) is 11.7 Å². The van der Waals surface area contributed by atoms with Crippen molar-refractivity contribution in [2.75, 3.05) is 5.32 Å². The summed E-state index contributed by atoms with van der Waals surface area (Å²) in [6, 6.07) is 2.26. The molecule has 1 fully saturated rings. The second-order valence-electron chi connectivity index (χ2n) is 5.01. The summed E-state index contributed by atoms with van der Waals surface area (Å²) in [5, 5.41) is 3.40. The lowest BCUT2D eigenvalue weighted by Crippen LogP contribution is -2.22.